The molecule has 1 aliphatic rings. The maximum atomic E-state index is 11.9. The third-order valence-corrected chi connectivity index (χ3v) is 4.11. The molecule has 0 radical (unpaired) electrons. The van der Waals surface area contributed by atoms with Crippen LogP contribution in [0, 0.1) is 17.2 Å². The van der Waals surface area contributed by atoms with Gasteiger partial charge in [-0.05, 0) is 49.5 Å². The summed E-state index contributed by atoms with van der Waals surface area (Å²) in [5.41, 5.74) is 0.172. The lowest BCUT2D eigenvalue weighted by Crippen LogP contribution is -2.48. The van der Waals surface area contributed by atoms with Crippen LogP contribution in [0.4, 0.5) is 0 Å². The minimum absolute atomic E-state index is 0.153. The average Bonchev–Trinajstić information content (AvgIpc) is 3.50. The zero-order valence-electron chi connectivity index (χ0n) is 14.7. The molecule has 1 fully saturated rings. The molecule has 1 aromatic rings. The smallest absolute Gasteiger partial charge is 0.337 e. The van der Waals surface area contributed by atoms with E-state index in [0.717, 1.165) is 12.8 Å². The predicted molar refractivity (Wildman–Crippen MR) is 92.7 cm³/mol. The van der Waals surface area contributed by atoms with Crippen LogP contribution < -0.4 is 5.32 Å². The number of carbonyl (C=O) groups is 3. The van der Waals surface area contributed by atoms with Crippen LogP contribution in [-0.2, 0) is 19.1 Å². The van der Waals surface area contributed by atoms with E-state index in [1.807, 2.05) is 0 Å². The molecule has 1 atom stereocenters. The Kier molecular flexibility index (Phi) is 6.12. The zero-order valence-corrected chi connectivity index (χ0v) is 14.7. The van der Waals surface area contributed by atoms with Crippen LogP contribution in [0.5, 0.6) is 0 Å². The lowest BCUT2D eigenvalue weighted by molar-refractivity contribution is -0.144. The number of nitrogens with zero attached hydrogens (tertiary/aromatic N) is 1. The van der Waals surface area contributed by atoms with Gasteiger partial charge in [-0.2, -0.15) is 5.26 Å². The Labute approximate surface area is 151 Å². The molecular weight excluding hydrogens is 336 g/mol. The van der Waals surface area contributed by atoms with Crippen molar-refractivity contribution in [2.45, 2.75) is 25.3 Å². The Morgan fingerprint density at radius 1 is 1.31 bits per heavy atom. The number of amides is 1. The summed E-state index contributed by atoms with van der Waals surface area (Å²) < 4.78 is 9.47. The summed E-state index contributed by atoms with van der Waals surface area (Å²) in [6, 6.07) is 8.55. The van der Waals surface area contributed by atoms with Crippen molar-refractivity contribution in [1.82, 2.24) is 5.32 Å². The SMILES string of the molecule is COC(=O)c1ccc(/C=C/C(=O)OCC(=O)N[C@](C)(C#N)C2CC2)cc1. The third kappa shape index (κ3) is 5.18. The lowest BCUT2D eigenvalue weighted by Gasteiger charge is -2.22. The highest BCUT2D eigenvalue weighted by Crippen LogP contribution is 2.39. The molecule has 7 nitrogen and oxygen atoms in total. The van der Waals surface area contributed by atoms with Crippen molar-refractivity contribution in [2.24, 2.45) is 5.92 Å². The van der Waals surface area contributed by atoms with Crippen LogP contribution >= 0.6 is 0 Å². The second-order valence-electron chi connectivity index (χ2n) is 6.19. The van der Waals surface area contributed by atoms with Gasteiger partial charge in [0.25, 0.3) is 5.91 Å². The standard InChI is InChI=1S/C19H20N2O5/c1-19(12-20,15-8-9-15)21-16(22)11-26-17(23)10-5-13-3-6-14(7-4-13)18(24)25-2/h3-7,10,15H,8-9,11H2,1-2H3,(H,21,22)/b10-5+/t19-/m1/s1. The highest BCUT2D eigenvalue weighted by molar-refractivity contribution is 5.91. The minimum atomic E-state index is -0.916. The van der Waals surface area contributed by atoms with E-state index in [-0.39, 0.29) is 5.92 Å². The first kappa shape index (κ1) is 19.2. The first-order valence-electron chi connectivity index (χ1n) is 8.13. The van der Waals surface area contributed by atoms with Gasteiger partial charge in [0, 0.05) is 6.08 Å². The van der Waals surface area contributed by atoms with Gasteiger partial charge in [-0.3, -0.25) is 4.79 Å². The fraction of sp³-hybridized carbons (Fsp3) is 0.368. The largest absolute Gasteiger partial charge is 0.465 e. The quantitative estimate of drug-likeness (QED) is 0.590. The van der Waals surface area contributed by atoms with Crippen LogP contribution in [0.25, 0.3) is 6.08 Å². The summed E-state index contributed by atoms with van der Waals surface area (Å²) in [6.45, 7) is 1.22. The summed E-state index contributed by atoms with van der Waals surface area (Å²) >= 11 is 0. The van der Waals surface area contributed by atoms with E-state index in [9.17, 15) is 19.6 Å². The maximum absolute atomic E-state index is 11.9. The van der Waals surface area contributed by atoms with Gasteiger partial charge in [0.05, 0.1) is 18.7 Å². The summed E-state index contributed by atoms with van der Waals surface area (Å²) in [4.78, 5) is 34.9. The molecule has 0 aliphatic heterocycles. The van der Waals surface area contributed by atoms with Crippen molar-refractivity contribution in [3.8, 4) is 6.07 Å². The normalized spacial score (nSPS) is 15.6. The van der Waals surface area contributed by atoms with Crippen LogP contribution in [0.1, 0.15) is 35.7 Å². The molecule has 0 spiro atoms. The Hall–Kier alpha value is -3.14. The average molecular weight is 356 g/mol. The fourth-order valence-corrected chi connectivity index (χ4v) is 2.40. The van der Waals surface area contributed by atoms with E-state index in [4.69, 9.17) is 4.74 Å². The molecule has 1 aromatic carbocycles. The van der Waals surface area contributed by atoms with Gasteiger partial charge in [-0.1, -0.05) is 12.1 Å². The van der Waals surface area contributed by atoms with Crippen LogP contribution in [0.15, 0.2) is 30.3 Å². The molecule has 0 bridgehead atoms. The molecule has 1 saturated carbocycles. The first-order chi connectivity index (χ1) is 12.4. The highest BCUT2D eigenvalue weighted by atomic mass is 16.5. The topological polar surface area (TPSA) is 105 Å². The number of hydrogen-bond donors (Lipinski definition) is 1. The number of esters is 2. The molecule has 1 aliphatic carbocycles. The van der Waals surface area contributed by atoms with Gasteiger partial charge in [0.2, 0.25) is 0 Å². The molecule has 0 saturated heterocycles. The van der Waals surface area contributed by atoms with E-state index in [1.165, 1.54) is 19.3 Å². The van der Waals surface area contributed by atoms with E-state index < -0.39 is 30.0 Å². The molecule has 1 N–H and O–H groups in total. The van der Waals surface area contributed by atoms with Crippen molar-refractivity contribution in [3.63, 3.8) is 0 Å². The van der Waals surface area contributed by atoms with Crippen LogP contribution in [0.2, 0.25) is 0 Å². The number of methoxy groups -OCH3 is 1. The summed E-state index contributed by atoms with van der Waals surface area (Å²) in [5.74, 6) is -1.48. The maximum Gasteiger partial charge on any atom is 0.337 e. The second kappa shape index (κ2) is 8.30. The van der Waals surface area contributed by atoms with E-state index in [1.54, 1.807) is 31.2 Å². The molecule has 136 valence electrons. The van der Waals surface area contributed by atoms with Crippen LogP contribution in [-0.4, -0.2) is 37.1 Å². The van der Waals surface area contributed by atoms with Crippen molar-refractivity contribution < 1.29 is 23.9 Å². The van der Waals surface area contributed by atoms with Crippen molar-refractivity contribution >= 4 is 23.9 Å². The second-order valence-corrected chi connectivity index (χ2v) is 6.19. The molecule has 26 heavy (non-hydrogen) atoms. The first-order valence-corrected chi connectivity index (χ1v) is 8.13. The highest BCUT2D eigenvalue weighted by Gasteiger charge is 2.43. The predicted octanol–water partition coefficient (Wildman–Crippen LogP) is 1.84. The monoisotopic (exact) mass is 356 g/mol. The van der Waals surface area contributed by atoms with Crippen LogP contribution in [0.3, 0.4) is 0 Å². The van der Waals surface area contributed by atoms with E-state index in [0.29, 0.717) is 11.1 Å². The molecule has 0 unspecified atom stereocenters. The van der Waals surface area contributed by atoms with Crippen molar-refractivity contribution in [2.75, 3.05) is 13.7 Å². The number of hydrogen-bond acceptors (Lipinski definition) is 6. The minimum Gasteiger partial charge on any atom is -0.465 e. The van der Waals surface area contributed by atoms with Crippen molar-refractivity contribution in [1.29, 1.82) is 5.26 Å². The number of carbonyl (C=O) groups excluding carboxylic acids is 3. The van der Waals surface area contributed by atoms with Gasteiger partial charge in [0.1, 0.15) is 5.54 Å². The van der Waals surface area contributed by atoms with E-state index >= 15 is 0 Å². The summed E-state index contributed by atoms with van der Waals surface area (Å²) in [5, 5.41) is 11.8. The van der Waals surface area contributed by atoms with Gasteiger partial charge < -0.3 is 14.8 Å². The van der Waals surface area contributed by atoms with Gasteiger partial charge in [0.15, 0.2) is 6.61 Å². The Morgan fingerprint density at radius 2 is 1.96 bits per heavy atom. The summed E-state index contributed by atoms with van der Waals surface area (Å²) in [6.07, 6.45) is 4.50. The lowest BCUT2D eigenvalue weighted by atomic mass is 9.98. The third-order valence-electron chi connectivity index (χ3n) is 4.11. The number of rotatable bonds is 7. The molecule has 1 amide bonds. The number of nitrogens with one attached hydrogen (secondary N) is 1. The van der Waals surface area contributed by atoms with Crippen molar-refractivity contribution in [3.05, 3.63) is 41.5 Å². The van der Waals surface area contributed by atoms with Gasteiger partial charge >= 0.3 is 11.9 Å². The summed E-state index contributed by atoms with van der Waals surface area (Å²) in [7, 11) is 1.30. The number of benzene rings is 1. The number of nitriles is 1. The fourth-order valence-electron chi connectivity index (χ4n) is 2.40. The molecule has 7 heteroatoms. The Morgan fingerprint density at radius 3 is 2.50 bits per heavy atom. The van der Waals surface area contributed by atoms with Gasteiger partial charge in [-0.15, -0.1) is 0 Å². The Bertz CT molecular complexity index is 759. The molecular formula is C19H20N2O5. The molecule has 0 heterocycles. The molecule has 2 rings (SSSR count). The van der Waals surface area contributed by atoms with Gasteiger partial charge in [-0.25, -0.2) is 9.59 Å². The molecule has 0 aromatic heterocycles. The van der Waals surface area contributed by atoms with E-state index in [2.05, 4.69) is 16.1 Å². The zero-order chi connectivity index (χ0) is 19.2. The number of ether oxygens (including phenoxy) is 2. The Balaban J connectivity index is 1.81.